The predicted octanol–water partition coefficient (Wildman–Crippen LogP) is 1.08. The van der Waals surface area contributed by atoms with Crippen molar-refractivity contribution in [3.05, 3.63) is 30.1 Å². The average Bonchev–Trinajstić information content (AvgIpc) is 2.40. The molecular formula is C14H19N3O3. The topological polar surface area (TPSA) is 73.7 Å². The summed E-state index contributed by atoms with van der Waals surface area (Å²) in [6.45, 7) is 1.69. The number of pyridine rings is 1. The van der Waals surface area contributed by atoms with Gasteiger partial charge in [-0.05, 0) is 12.1 Å². The molecule has 0 aliphatic carbocycles. The van der Waals surface area contributed by atoms with Crippen LogP contribution in [-0.4, -0.2) is 58.6 Å². The Morgan fingerprint density at radius 2 is 2.20 bits per heavy atom. The molecule has 0 saturated carbocycles. The van der Waals surface area contributed by atoms with Gasteiger partial charge < -0.3 is 14.9 Å². The van der Waals surface area contributed by atoms with Gasteiger partial charge in [-0.3, -0.25) is 9.78 Å². The highest BCUT2D eigenvalue weighted by Gasteiger charge is 2.33. The Labute approximate surface area is 118 Å². The van der Waals surface area contributed by atoms with Crippen molar-refractivity contribution in [3.63, 3.8) is 0 Å². The number of nitrogens with zero attached hydrogens (tertiary/aromatic N) is 3. The SMILES string of the molecule is CN(CCc1ccccn1)C(=O)N1CC(CC(=O)O)C1. The molecule has 108 valence electrons. The lowest BCUT2D eigenvalue weighted by molar-refractivity contribution is -0.139. The summed E-state index contributed by atoms with van der Waals surface area (Å²) in [6.07, 6.45) is 2.60. The van der Waals surface area contributed by atoms with Gasteiger partial charge in [0.15, 0.2) is 0 Å². The average molecular weight is 277 g/mol. The van der Waals surface area contributed by atoms with E-state index in [1.165, 1.54) is 0 Å². The lowest BCUT2D eigenvalue weighted by Gasteiger charge is -2.40. The number of urea groups is 1. The van der Waals surface area contributed by atoms with Crippen LogP contribution in [0.2, 0.25) is 0 Å². The van der Waals surface area contributed by atoms with Crippen LogP contribution in [0.3, 0.4) is 0 Å². The number of carboxylic acid groups (broad SMARTS) is 1. The lowest BCUT2D eigenvalue weighted by Crippen LogP contribution is -2.54. The molecule has 6 heteroatoms. The molecule has 2 heterocycles. The van der Waals surface area contributed by atoms with Gasteiger partial charge in [0.25, 0.3) is 0 Å². The van der Waals surface area contributed by atoms with E-state index in [2.05, 4.69) is 4.98 Å². The number of rotatable bonds is 5. The van der Waals surface area contributed by atoms with Crippen molar-refractivity contribution in [2.24, 2.45) is 5.92 Å². The molecule has 1 aromatic rings. The van der Waals surface area contributed by atoms with E-state index in [4.69, 9.17) is 5.11 Å². The minimum Gasteiger partial charge on any atom is -0.481 e. The van der Waals surface area contributed by atoms with E-state index in [1.54, 1.807) is 23.0 Å². The van der Waals surface area contributed by atoms with Gasteiger partial charge >= 0.3 is 12.0 Å². The number of aliphatic carboxylic acids is 1. The van der Waals surface area contributed by atoms with Gasteiger partial charge in [-0.15, -0.1) is 0 Å². The summed E-state index contributed by atoms with van der Waals surface area (Å²) in [4.78, 5) is 30.2. The molecule has 2 rings (SSSR count). The monoisotopic (exact) mass is 277 g/mol. The van der Waals surface area contributed by atoms with Crippen LogP contribution in [0, 0.1) is 5.92 Å². The Hall–Kier alpha value is -2.11. The van der Waals surface area contributed by atoms with E-state index >= 15 is 0 Å². The predicted molar refractivity (Wildman–Crippen MR) is 73.3 cm³/mol. The number of carbonyl (C=O) groups excluding carboxylic acids is 1. The highest BCUT2D eigenvalue weighted by atomic mass is 16.4. The van der Waals surface area contributed by atoms with Crippen molar-refractivity contribution < 1.29 is 14.7 Å². The number of hydrogen-bond acceptors (Lipinski definition) is 3. The second-order valence-corrected chi connectivity index (χ2v) is 5.14. The van der Waals surface area contributed by atoms with E-state index < -0.39 is 5.97 Å². The molecule has 1 aliphatic heterocycles. The first-order valence-corrected chi connectivity index (χ1v) is 6.68. The Bertz CT molecular complexity index is 472. The number of hydrogen-bond donors (Lipinski definition) is 1. The van der Waals surface area contributed by atoms with Crippen LogP contribution >= 0.6 is 0 Å². The summed E-state index contributed by atoms with van der Waals surface area (Å²) in [6, 6.07) is 5.68. The summed E-state index contributed by atoms with van der Waals surface area (Å²) < 4.78 is 0. The zero-order chi connectivity index (χ0) is 14.5. The smallest absolute Gasteiger partial charge is 0.319 e. The molecule has 0 spiro atoms. The van der Waals surface area contributed by atoms with E-state index in [0.717, 1.165) is 12.1 Å². The largest absolute Gasteiger partial charge is 0.481 e. The maximum Gasteiger partial charge on any atom is 0.319 e. The van der Waals surface area contributed by atoms with Crippen LogP contribution in [-0.2, 0) is 11.2 Å². The quantitative estimate of drug-likeness (QED) is 0.874. The van der Waals surface area contributed by atoms with Gasteiger partial charge in [0.05, 0.1) is 6.42 Å². The maximum absolute atomic E-state index is 12.1. The van der Waals surface area contributed by atoms with Crippen molar-refractivity contribution >= 4 is 12.0 Å². The first-order chi connectivity index (χ1) is 9.56. The number of likely N-dealkylation sites (tertiary alicyclic amines) is 1. The summed E-state index contributed by atoms with van der Waals surface area (Å²) in [5, 5.41) is 8.67. The van der Waals surface area contributed by atoms with E-state index in [1.807, 2.05) is 18.2 Å². The van der Waals surface area contributed by atoms with Gasteiger partial charge in [-0.25, -0.2) is 4.79 Å². The molecule has 0 atom stereocenters. The van der Waals surface area contributed by atoms with E-state index in [9.17, 15) is 9.59 Å². The fraction of sp³-hybridized carbons (Fsp3) is 0.500. The van der Waals surface area contributed by atoms with Crippen LogP contribution < -0.4 is 0 Å². The lowest BCUT2D eigenvalue weighted by atomic mass is 9.97. The minimum atomic E-state index is -0.800. The second-order valence-electron chi connectivity index (χ2n) is 5.14. The molecule has 1 N–H and O–H groups in total. The third-order valence-electron chi connectivity index (χ3n) is 3.45. The summed E-state index contributed by atoms with van der Waals surface area (Å²) in [5.41, 5.74) is 0.958. The van der Waals surface area contributed by atoms with Crippen molar-refractivity contribution in [2.45, 2.75) is 12.8 Å². The van der Waals surface area contributed by atoms with Crippen LogP contribution in [0.4, 0.5) is 4.79 Å². The molecule has 1 aromatic heterocycles. The molecule has 1 saturated heterocycles. The van der Waals surface area contributed by atoms with Gasteiger partial charge in [0.1, 0.15) is 0 Å². The van der Waals surface area contributed by atoms with Gasteiger partial charge in [-0.2, -0.15) is 0 Å². The van der Waals surface area contributed by atoms with Crippen LogP contribution in [0.5, 0.6) is 0 Å². The standard InChI is InChI=1S/C14H19N3O3/c1-16(7-5-12-4-2-3-6-15-12)14(20)17-9-11(10-17)8-13(18)19/h2-4,6,11H,5,7-10H2,1H3,(H,18,19). The number of likely N-dealkylation sites (N-methyl/N-ethyl adjacent to an activating group) is 1. The molecule has 1 aliphatic rings. The van der Waals surface area contributed by atoms with Gasteiger partial charge in [-0.1, -0.05) is 6.07 Å². The number of aromatic nitrogens is 1. The first-order valence-electron chi connectivity index (χ1n) is 6.68. The Morgan fingerprint density at radius 3 is 2.80 bits per heavy atom. The molecule has 20 heavy (non-hydrogen) atoms. The summed E-state index contributed by atoms with van der Waals surface area (Å²) in [7, 11) is 1.76. The summed E-state index contributed by atoms with van der Waals surface area (Å²) >= 11 is 0. The van der Waals surface area contributed by atoms with Crippen molar-refractivity contribution in [1.29, 1.82) is 0 Å². The molecule has 0 unspecified atom stereocenters. The minimum absolute atomic E-state index is 0.0393. The van der Waals surface area contributed by atoms with Gasteiger partial charge in [0.2, 0.25) is 0 Å². The highest BCUT2D eigenvalue weighted by molar-refractivity contribution is 5.75. The molecule has 0 aromatic carbocycles. The third-order valence-corrected chi connectivity index (χ3v) is 3.45. The second kappa shape index (κ2) is 6.36. The molecule has 0 bridgehead atoms. The normalized spacial score (nSPS) is 14.8. The van der Waals surface area contributed by atoms with E-state index in [-0.39, 0.29) is 18.4 Å². The summed E-state index contributed by atoms with van der Waals surface area (Å²) in [5.74, 6) is -0.703. The zero-order valence-electron chi connectivity index (χ0n) is 11.5. The Morgan fingerprint density at radius 1 is 1.45 bits per heavy atom. The molecule has 1 fully saturated rings. The van der Waals surface area contributed by atoms with Crippen LogP contribution in [0.15, 0.2) is 24.4 Å². The molecule has 0 radical (unpaired) electrons. The van der Waals surface area contributed by atoms with Crippen molar-refractivity contribution in [2.75, 3.05) is 26.7 Å². The van der Waals surface area contributed by atoms with Crippen molar-refractivity contribution in [3.8, 4) is 0 Å². The van der Waals surface area contributed by atoms with Gasteiger partial charge in [0, 0.05) is 50.9 Å². The Kier molecular flexibility index (Phi) is 4.55. The number of carboxylic acids is 1. The zero-order valence-corrected chi connectivity index (χ0v) is 11.5. The molecule has 2 amide bonds. The first kappa shape index (κ1) is 14.3. The fourth-order valence-electron chi connectivity index (χ4n) is 2.27. The number of carbonyl (C=O) groups is 2. The Balaban J connectivity index is 1.72. The molecular weight excluding hydrogens is 258 g/mol. The molecule has 6 nitrogen and oxygen atoms in total. The van der Waals surface area contributed by atoms with Crippen molar-refractivity contribution in [1.82, 2.24) is 14.8 Å². The third kappa shape index (κ3) is 3.69. The number of amides is 2. The fourth-order valence-corrected chi connectivity index (χ4v) is 2.27. The van der Waals surface area contributed by atoms with Crippen LogP contribution in [0.1, 0.15) is 12.1 Å². The van der Waals surface area contributed by atoms with E-state index in [0.29, 0.717) is 19.6 Å². The highest BCUT2D eigenvalue weighted by Crippen LogP contribution is 2.20. The maximum atomic E-state index is 12.1. The van der Waals surface area contributed by atoms with Crippen LogP contribution in [0.25, 0.3) is 0 Å².